The SMILES string of the molecule is Cc1cc(NC(=O)C2CCNCC2)n(-c2ccccc2C(F)(F)F)n1. The Morgan fingerprint density at radius 2 is 1.96 bits per heavy atom. The van der Waals surface area contributed by atoms with Gasteiger partial charge in [-0.25, -0.2) is 4.68 Å². The number of nitrogens with one attached hydrogen (secondary N) is 2. The van der Waals surface area contributed by atoms with Gasteiger partial charge in [0.1, 0.15) is 5.82 Å². The number of aryl methyl sites for hydroxylation is 1. The second-order valence-electron chi connectivity index (χ2n) is 6.11. The standard InChI is InChI=1S/C17H19F3N4O/c1-11-10-15(22-16(25)12-6-8-21-9-7-12)24(23-11)14-5-3-2-4-13(14)17(18,19)20/h2-5,10,12,21H,6-9H2,1H3,(H,22,25). The molecule has 0 bridgehead atoms. The molecule has 0 saturated carbocycles. The van der Waals surface area contributed by atoms with Gasteiger partial charge in [0.25, 0.3) is 0 Å². The number of piperidine rings is 1. The smallest absolute Gasteiger partial charge is 0.317 e. The molecule has 1 aliphatic heterocycles. The third-order valence-corrected chi connectivity index (χ3v) is 4.23. The first-order valence-electron chi connectivity index (χ1n) is 8.11. The minimum Gasteiger partial charge on any atom is -0.317 e. The highest BCUT2D eigenvalue weighted by Gasteiger charge is 2.34. The third-order valence-electron chi connectivity index (χ3n) is 4.23. The van der Waals surface area contributed by atoms with Gasteiger partial charge < -0.3 is 10.6 Å². The molecule has 8 heteroatoms. The van der Waals surface area contributed by atoms with Gasteiger partial charge in [-0.3, -0.25) is 4.79 Å². The Kier molecular flexibility index (Phi) is 4.80. The van der Waals surface area contributed by atoms with Crippen molar-refractivity contribution in [1.29, 1.82) is 0 Å². The number of aromatic nitrogens is 2. The molecule has 134 valence electrons. The lowest BCUT2D eigenvalue weighted by molar-refractivity contribution is -0.137. The molecule has 0 atom stereocenters. The Labute approximate surface area is 143 Å². The minimum atomic E-state index is -4.51. The zero-order chi connectivity index (χ0) is 18.0. The van der Waals surface area contributed by atoms with E-state index in [4.69, 9.17) is 0 Å². The number of carbonyl (C=O) groups is 1. The van der Waals surface area contributed by atoms with Gasteiger partial charge in [0, 0.05) is 12.0 Å². The van der Waals surface area contributed by atoms with E-state index in [1.54, 1.807) is 13.0 Å². The number of nitrogens with zero attached hydrogens (tertiary/aromatic N) is 2. The van der Waals surface area contributed by atoms with Crippen LogP contribution in [0.3, 0.4) is 0 Å². The van der Waals surface area contributed by atoms with Crippen molar-refractivity contribution >= 4 is 11.7 Å². The number of halogens is 3. The van der Waals surface area contributed by atoms with Crippen LogP contribution in [0.2, 0.25) is 0 Å². The fraction of sp³-hybridized carbons (Fsp3) is 0.412. The highest BCUT2D eigenvalue weighted by molar-refractivity contribution is 5.92. The Bertz CT molecular complexity index is 763. The third kappa shape index (κ3) is 3.84. The predicted molar refractivity (Wildman–Crippen MR) is 87.5 cm³/mol. The van der Waals surface area contributed by atoms with Crippen LogP contribution in [0.1, 0.15) is 24.1 Å². The van der Waals surface area contributed by atoms with Crippen molar-refractivity contribution in [3.63, 3.8) is 0 Å². The van der Waals surface area contributed by atoms with Crippen LogP contribution in [-0.2, 0) is 11.0 Å². The number of anilines is 1. The zero-order valence-electron chi connectivity index (χ0n) is 13.7. The van der Waals surface area contributed by atoms with Gasteiger partial charge in [-0.05, 0) is 45.0 Å². The molecule has 0 spiro atoms. The van der Waals surface area contributed by atoms with Gasteiger partial charge in [-0.15, -0.1) is 0 Å². The first-order valence-corrected chi connectivity index (χ1v) is 8.11. The van der Waals surface area contributed by atoms with Crippen molar-refractivity contribution < 1.29 is 18.0 Å². The molecule has 1 aliphatic rings. The second kappa shape index (κ2) is 6.87. The molecule has 0 radical (unpaired) electrons. The molecule has 1 saturated heterocycles. The summed E-state index contributed by atoms with van der Waals surface area (Å²) in [4.78, 5) is 12.4. The van der Waals surface area contributed by atoms with Crippen molar-refractivity contribution in [2.24, 2.45) is 5.92 Å². The number of para-hydroxylation sites is 1. The number of amides is 1. The second-order valence-corrected chi connectivity index (χ2v) is 6.11. The molecule has 2 heterocycles. The summed E-state index contributed by atoms with van der Waals surface area (Å²) >= 11 is 0. The van der Waals surface area contributed by atoms with Crippen LogP contribution >= 0.6 is 0 Å². The van der Waals surface area contributed by atoms with Crippen molar-refractivity contribution in [3.05, 3.63) is 41.6 Å². The topological polar surface area (TPSA) is 59.0 Å². The molecule has 25 heavy (non-hydrogen) atoms. The summed E-state index contributed by atoms with van der Waals surface area (Å²) in [5.41, 5.74) is -0.378. The number of rotatable bonds is 3. The summed E-state index contributed by atoms with van der Waals surface area (Å²) in [7, 11) is 0. The fourth-order valence-corrected chi connectivity index (χ4v) is 2.98. The maximum atomic E-state index is 13.3. The molecule has 1 fully saturated rings. The normalized spacial score (nSPS) is 16.0. The molecule has 1 aromatic heterocycles. The van der Waals surface area contributed by atoms with E-state index >= 15 is 0 Å². The molecule has 3 rings (SSSR count). The Hall–Kier alpha value is -2.35. The molecule has 1 amide bonds. The summed E-state index contributed by atoms with van der Waals surface area (Å²) in [6, 6.07) is 6.77. The lowest BCUT2D eigenvalue weighted by atomic mass is 9.97. The number of hydrogen-bond donors (Lipinski definition) is 2. The fourth-order valence-electron chi connectivity index (χ4n) is 2.98. The number of carbonyl (C=O) groups excluding carboxylic acids is 1. The van der Waals surface area contributed by atoms with Crippen LogP contribution in [-0.4, -0.2) is 28.8 Å². The summed E-state index contributed by atoms with van der Waals surface area (Å²) in [5, 5.41) is 10.1. The van der Waals surface area contributed by atoms with E-state index in [-0.39, 0.29) is 23.3 Å². The molecular formula is C17H19F3N4O. The van der Waals surface area contributed by atoms with Crippen LogP contribution < -0.4 is 10.6 Å². The van der Waals surface area contributed by atoms with Gasteiger partial charge in [0.2, 0.25) is 5.91 Å². The van der Waals surface area contributed by atoms with E-state index in [2.05, 4.69) is 15.7 Å². The van der Waals surface area contributed by atoms with Crippen LogP contribution in [0.4, 0.5) is 19.0 Å². The van der Waals surface area contributed by atoms with Gasteiger partial charge in [0.05, 0.1) is 16.9 Å². The van der Waals surface area contributed by atoms with Gasteiger partial charge in [-0.2, -0.15) is 18.3 Å². The minimum absolute atomic E-state index is 0.108. The number of hydrogen-bond acceptors (Lipinski definition) is 3. The number of alkyl halides is 3. The average Bonchev–Trinajstić information content (AvgIpc) is 2.95. The molecule has 0 unspecified atom stereocenters. The van der Waals surface area contributed by atoms with E-state index < -0.39 is 11.7 Å². The summed E-state index contributed by atoms with van der Waals surface area (Å²) < 4.78 is 41.0. The summed E-state index contributed by atoms with van der Waals surface area (Å²) in [6.07, 6.45) is -3.09. The quantitative estimate of drug-likeness (QED) is 0.892. The van der Waals surface area contributed by atoms with Crippen LogP contribution in [0.25, 0.3) is 5.69 Å². The molecule has 5 nitrogen and oxygen atoms in total. The van der Waals surface area contributed by atoms with E-state index in [1.165, 1.54) is 18.2 Å². The molecule has 2 N–H and O–H groups in total. The first-order chi connectivity index (χ1) is 11.9. The zero-order valence-corrected chi connectivity index (χ0v) is 13.7. The Morgan fingerprint density at radius 1 is 1.28 bits per heavy atom. The lowest BCUT2D eigenvalue weighted by Gasteiger charge is -2.22. The molecule has 1 aromatic carbocycles. The van der Waals surface area contributed by atoms with Crippen molar-refractivity contribution in [2.75, 3.05) is 18.4 Å². The monoisotopic (exact) mass is 352 g/mol. The number of benzene rings is 1. The van der Waals surface area contributed by atoms with Crippen molar-refractivity contribution in [3.8, 4) is 5.69 Å². The maximum Gasteiger partial charge on any atom is 0.418 e. The molecule has 0 aliphatic carbocycles. The molecule has 2 aromatic rings. The predicted octanol–water partition coefficient (Wildman–Crippen LogP) is 3.14. The van der Waals surface area contributed by atoms with E-state index in [1.807, 2.05) is 0 Å². The first kappa shape index (κ1) is 17.5. The average molecular weight is 352 g/mol. The van der Waals surface area contributed by atoms with Gasteiger partial charge in [-0.1, -0.05) is 12.1 Å². The maximum absolute atomic E-state index is 13.3. The van der Waals surface area contributed by atoms with Crippen LogP contribution in [0.15, 0.2) is 30.3 Å². The largest absolute Gasteiger partial charge is 0.418 e. The highest BCUT2D eigenvalue weighted by Crippen LogP contribution is 2.34. The van der Waals surface area contributed by atoms with E-state index in [0.29, 0.717) is 18.5 Å². The Morgan fingerprint density at radius 3 is 2.64 bits per heavy atom. The summed E-state index contributed by atoms with van der Waals surface area (Å²) in [5.74, 6) is -0.0901. The van der Waals surface area contributed by atoms with Crippen LogP contribution in [0.5, 0.6) is 0 Å². The van der Waals surface area contributed by atoms with Crippen LogP contribution in [0, 0.1) is 12.8 Å². The van der Waals surface area contributed by atoms with Crippen molar-refractivity contribution in [2.45, 2.75) is 25.9 Å². The summed E-state index contributed by atoms with van der Waals surface area (Å²) in [6.45, 7) is 3.19. The van der Waals surface area contributed by atoms with Gasteiger partial charge in [0.15, 0.2) is 0 Å². The Balaban J connectivity index is 1.93. The van der Waals surface area contributed by atoms with Crippen molar-refractivity contribution in [1.82, 2.24) is 15.1 Å². The highest BCUT2D eigenvalue weighted by atomic mass is 19.4. The van der Waals surface area contributed by atoms with E-state index in [0.717, 1.165) is 23.8 Å². The molecular weight excluding hydrogens is 333 g/mol. The van der Waals surface area contributed by atoms with E-state index in [9.17, 15) is 18.0 Å². The van der Waals surface area contributed by atoms with Gasteiger partial charge >= 0.3 is 6.18 Å². The lowest BCUT2D eigenvalue weighted by Crippen LogP contribution is -2.35.